The molecule has 0 aliphatic carbocycles. The van der Waals surface area contributed by atoms with Gasteiger partial charge in [-0.05, 0) is 44.2 Å². The van der Waals surface area contributed by atoms with E-state index in [1.54, 1.807) is 13.8 Å². The fourth-order valence-corrected chi connectivity index (χ4v) is 2.13. The topological polar surface area (TPSA) is 125 Å². The van der Waals surface area contributed by atoms with E-state index >= 15 is 0 Å². The minimum Gasteiger partial charge on any atom is -0.459 e. The van der Waals surface area contributed by atoms with E-state index < -0.39 is 29.4 Å². The number of hydrogen-bond acceptors (Lipinski definition) is 7. The number of amides is 1. The highest BCUT2D eigenvalue weighted by molar-refractivity contribution is 5.96. The van der Waals surface area contributed by atoms with E-state index in [-0.39, 0.29) is 17.4 Å². The molecule has 146 valence electrons. The molecule has 2 aromatic carbocycles. The third kappa shape index (κ3) is 5.90. The minimum absolute atomic E-state index is 0.0324. The Kier molecular flexibility index (Phi) is 6.80. The SMILES string of the molecule is CC(C)OC(=O)c1ccc(NC(=O)COC(=O)c2cccc([N+](=O)[O-])c2)cc1. The predicted octanol–water partition coefficient (Wildman–Crippen LogP) is 2.96. The molecule has 0 aromatic heterocycles. The van der Waals surface area contributed by atoms with E-state index in [1.165, 1.54) is 42.5 Å². The molecule has 0 aliphatic rings. The number of hydrogen-bond donors (Lipinski definition) is 1. The van der Waals surface area contributed by atoms with Gasteiger partial charge >= 0.3 is 11.9 Å². The summed E-state index contributed by atoms with van der Waals surface area (Å²) in [7, 11) is 0. The van der Waals surface area contributed by atoms with E-state index in [2.05, 4.69) is 5.32 Å². The van der Waals surface area contributed by atoms with Gasteiger partial charge in [0.25, 0.3) is 11.6 Å². The van der Waals surface area contributed by atoms with Crippen LogP contribution in [0.25, 0.3) is 0 Å². The summed E-state index contributed by atoms with van der Waals surface area (Å²) >= 11 is 0. The Bertz CT molecular complexity index is 891. The van der Waals surface area contributed by atoms with Crippen molar-refractivity contribution in [2.45, 2.75) is 20.0 Å². The first-order chi connectivity index (χ1) is 13.3. The lowest BCUT2D eigenvalue weighted by atomic mass is 10.2. The molecule has 0 bridgehead atoms. The van der Waals surface area contributed by atoms with Crippen molar-refractivity contribution in [3.8, 4) is 0 Å². The first-order valence-electron chi connectivity index (χ1n) is 8.28. The number of carbonyl (C=O) groups excluding carboxylic acids is 3. The highest BCUT2D eigenvalue weighted by Gasteiger charge is 2.14. The van der Waals surface area contributed by atoms with Gasteiger partial charge in [0.2, 0.25) is 0 Å². The first kappa shape index (κ1) is 20.6. The van der Waals surface area contributed by atoms with Crippen LogP contribution in [0.15, 0.2) is 48.5 Å². The van der Waals surface area contributed by atoms with Crippen LogP contribution in [0.2, 0.25) is 0 Å². The lowest BCUT2D eigenvalue weighted by Crippen LogP contribution is -2.21. The fraction of sp³-hybridized carbons (Fsp3) is 0.211. The summed E-state index contributed by atoms with van der Waals surface area (Å²) in [6.07, 6.45) is -0.243. The maximum atomic E-state index is 11.9. The molecule has 0 aliphatic heterocycles. The van der Waals surface area contributed by atoms with Crippen LogP contribution in [0.3, 0.4) is 0 Å². The standard InChI is InChI=1S/C19H18N2O7/c1-12(2)28-19(24)13-6-8-15(9-7-13)20-17(22)11-27-18(23)14-4-3-5-16(10-14)21(25)26/h3-10,12H,11H2,1-2H3,(H,20,22). The number of esters is 2. The van der Waals surface area contributed by atoms with Crippen LogP contribution in [0.5, 0.6) is 0 Å². The average molecular weight is 386 g/mol. The van der Waals surface area contributed by atoms with Crippen LogP contribution >= 0.6 is 0 Å². The lowest BCUT2D eigenvalue weighted by molar-refractivity contribution is -0.384. The summed E-state index contributed by atoms with van der Waals surface area (Å²) in [4.78, 5) is 45.7. The number of benzene rings is 2. The number of nitro groups is 1. The minimum atomic E-state index is -0.856. The van der Waals surface area contributed by atoms with Crippen LogP contribution in [0.4, 0.5) is 11.4 Å². The first-order valence-corrected chi connectivity index (χ1v) is 8.28. The Morgan fingerprint density at radius 3 is 2.32 bits per heavy atom. The highest BCUT2D eigenvalue weighted by atomic mass is 16.6. The largest absolute Gasteiger partial charge is 0.459 e. The van der Waals surface area contributed by atoms with Gasteiger partial charge in [-0.3, -0.25) is 14.9 Å². The zero-order valence-corrected chi connectivity index (χ0v) is 15.2. The van der Waals surface area contributed by atoms with E-state index in [0.29, 0.717) is 11.3 Å². The second kappa shape index (κ2) is 9.26. The molecule has 0 heterocycles. The third-order valence-corrected chi connectivity index (χ3v) is 3.37. The van der Waals surface area contributed by atoms with Gasteiger partial charge < -0.3 is 14.8 Å². The van der Waals surface area contributed by atoms with Crippen molar-refractivity contribution in [3.05, 3.63) is 69.8 Å². The van der Waals surface area contributed by atoms with Crippen molar-refractivity contribution < 1.29 is 28.8 Å². The second-order valence-corrected chi connectivity index (χ2v) is 5.96. The molecule has 0 saturated heterocycles. The number of carbonyl (C=O) groups is 3. The maximum Gasteiger partial charge on any atom is 0.338 e. The summed E-state index contributed by atoms with van der Waals surface area (Å²) in [5, 5.41) is 13.2. The Hall–Kier alpha value is -3.75. The summed E-state index contributed by atoms with van der Waals surface area (Å²) in [5.41, 5.74) is 0.450. The molecule has 0 unspecified atom stereocenters. The number of nitro benzene ring substituents is 1. The number of ether oxygens (including phenoxy) is 2. The normalized spacial score (nSPS) is 10.2. The number of nitrogens with one attached hydrogen (secondary N) is 1. The molecule has 0 spiro atoms. The monoisotopic (exact) mass is 386 g/mol. The molecular formula is C19H18N2O7. The molecule has 0 fully saturated rings. The third-order valence-electron chi connectivity index (χ3n) is 3.37. The molecule has 0 radical (unpaired) electrons. The summed E-state index contributed by atoms with van der Waals surface area (Å²) in [5.74, 6) is -1.93. The zero-order chi connectivity index (χ0) is 20.7. The van der Waals surface area contributed by atoms with Crippen LogP contribution in [0, 0.1) is 10.1 Å². The Morgan fingerprint density at radius 2 is 1.71 bits per heavy atom. The van der Waals surface area contributed by atoms with E-state index in [0.717, 1.165) is 6.07 Å². The van der Waals surface area contributed by atoms with Crippen molar-refractivity contribution in [1.82, 2.24) is 0 Å². The van der Waals surface area contributed by atoms with Crippen LogP contribution in [0.1, 0.15) is 34.6 Å². The van der Waals surface area contributed by atoms with Crippen molar-refractivity contribution in [3.63, 3.8) is 0 Å². The Morgan fingerprint density at radius 1 is 1.04 bits per heavy atom. The predicted molar refractivity (Wildman–Crippen MR) is 99.0 cm³/mol. The molecule has 28 heavy (non-hydrogen) atoms. The summed E-state index contributed by atoms with van der Waals surface area (Å²) in [6, 6.07) is 11.0. The van der Waals surface area contributed by atoms with E-state index in [4.69, 9.17) is 9.47 Å². The average Bonchev–Trinajstić information content (AvgIpc) is 2.66. The van der Waals surface area contributed by atoms with Crippen molar-refractivity contribution in [2.24, 2.45) is 0 Å². The molecule has 2 rings (SSSR count). The molecule has 1 N–H and O–H groups in total. The van der Waals surface area contributed by atoms with Gasteiger partial charge in [-0.15, -0.1) is 0 Å². The van der Waals surface area contributed by atoms with Gasteiger partial charge in [0.05, 0.1) is 22.2 Å². The maximum absolute atomic E-state index is 11.9. The van der Waals surface area contributed by atoms with Gasteiger partial charge in [0, 0.05) is 17.8 Å². The van der Waals surface area contributed by atoms with Crippen molar-refractivity contribution >= 4 is 29.2 Å². The molecule has 0 atom stereocenters. The fourth-order valence-electron chi connectivity index (χ4n) is 2.13. The Labute approximate surface area is 160 Å². The molecule has 0 saturated carbocycles. The molecular weight excluding hydrogens is 368 g/mol. The van der Waals surface area contributed by atoms with Gasteiger partial charge in [-0.2, -0.15) is 0 Å². The van der Waals surface area contributed by atoms with Crippen LogP contribution < -0.4 is 5.32 Å². The van der Waals surface area contributed by atoms with Gasteiger partial charge in [0.1, 0.15) is 0 Å². The van der Waals surface area contributed by atoms with E-state index in [9.17, 15) is 24.5 Å². The second-order valence-electron chi connectivity index (χ2n) is 5.96. The number of non-ortho nitro benzene ring substituents is 1. The van der Waals surface area contributed by atoms with Gasteiger partial charge in [-0.1, -0.05) is 6.07 Å². The molecule has 9 nitrogen and oxygen atoms in total. The zero-order valence-electron chi connectivity index (χ0n) is 15.2. The number of nitrogens with zero attached hydrogens (tertiary/aromatic N) is 1. The highest BCUT2D eigenvalue weighted by Crippen LogP contribution is 2.14. The summed E-state index contributed by atoms with van der Waals surface area (Å²) < 4.78 is 9.92. The molecule has 9 heteroatoms. The van der Waals surface area contributed by atoms with Gasteiger partial charge in [0.15, 0.2) is 6.61 Å². The Balaban J connectivity index is 1.88. The summed E-state index contributed by atoms with van der Waals surface area (Å²) in [6.45, 7) is 2.90. The number of rotatable bonds is 7. The van der Waals surface area contributed by atoms with E-state index in [1.807, 2.05) is 0 Å². The van der Waals surface area contributed by atoms with Crippen LogP contribution in [-0.2, 0) is 14.3 Å². The quantitative estimate of drug-likeness (QED) is 0.440. The lowest BCUT2D eigenvalue weighted by Gasteiger charge is -2.09. The number of anilines is 1. The smallest absolute Gasteiger partial charge is 0.338 e. The molecule has 2 aromatic rings. The van der Waals surface area contributed by atoms with Crippen LogP contribution in [-0.4, -0.2) is 35.5 Å². The van der Waals surface area contributed by atoms with Crippen molar-refractivity contribution in [2.75, 3.05) is 11.9 Å². The van der Waals surface area contributed by atoms with Gasteiger partial charge in [-0.25, -0.2) is 9.59 Å². The van der Waals surface area contributed by atoms with Crippen molar-refractivity contribution in [1.29, 1.82) is 0 Å². The molecule has 1 amide bonds.